The first-order chi connectivity index (χ1) is 15.6. The second kappa shape index (κ2) is 9.51. The summed E-state index contributed by atoms with van der Waals surface area (Å²) in [6, 6.07) is 12.8. The van der Waals surface area contributed by atoms with E-state index in [9.17, 15) is 0 Å². The number of rotatable bonds is 6. The van der Waals surface area contributed by atoms with Crippen LogP contribution in [0, 0.1) is 5.92 Å². The van der Waals surface area contributed by atoms with Gasteiger partial charge in [0.25, 0.3) is 0 Å². The SMILES string of the molecule is CC1CCC(Nc2ncc(Cc3cn(Sc4ccccc4)c4ncc(Cl)cc34)cn2)CC1. The number of fused-ring (bicyclic) bond motifs is 1. The molecule has 3 aromatic heterocycles. The van der Waals surface area contributed by atoms with E-state index in [0.717, 1.165) is 45.3 Å². The van der Waals surface area contributed by atoms with Crippen LogP contribution in [-0.2, 0) is 6.42 Å². The third-order valence-electron chi connectivity index (χ3n) is 6.06. The number of benzene rings is 1. The fourth-order valence-corrected chi connectivity index (χ4v) is 5.32. The van der Waals surface area contributed by atoms with Crippen molar-refractivity contribution in [3.05, 3.63) is 77.3 Å². The molecular formula is C25H26ClN5S. The topological polar surface area (TPSA) is 55.6 Å². The Morgan fingerprint density at radius 2 is 1.78 bits per heavy atom. The van der Waals surface area contributed by atoms with Gasteiger partial charge in [0.2, 0.25) is 5.95 Å². The van der Waals surface area contributed by atoms with Gasteiger partial charge in [0.05, 0.1) is 5.02 Å². The van der Waals surface area contributed by atoms with Gasteiger partial charge in [-0.05, 0) is 72.9 Å². The van der Waals surface area contributed by atoms with E-state index in [1.807, 2.05) is 36.7 Å². The fourth-order valence-electron chi connectivity index (χ4n) is 4.25. The van der Waals surface area contributed by atoms with Crippen molar-refractivity contribution >= 4 is 40.5 Å². The van der Waals surface area contributed by atoms with Crippen molar-refractivity contribution in [2.75, 3.05) is 5.32 Å². The van der Waals surface area contributed by atoms with Gasteiger partial charge in [-0.15, -0.1) is 0 Å². The van der Waals surface area contributed by atoms with Gasteiger partial charge in [0.15, 0.2) is 5.65 Å². The molecule has 164 valence electrons. The first-order valence-corrected chi connectivity index (χ1v) is 12.3. The summed E-state index contributed by atoms with van der Waals surface area (Å²) < 4.78 is 2.11. The van der Waals surface area contributed by atoms with E-state index in [2.05, 4.69) is 49.5 Å². The van der Waals surface area contributed by atoms with Crippen LogP contribution >= 0.6 is 23.5 Å². The molecule has 1 fully saturated rings. The molecule has 1 aliphatic carbocycles. The van der Waals surface area contributed by atoms with Crippen LogP contribution in [0.4, 0.5) is 5.95 Å². The minimum Gasteiger partial charge on any atom is -0.351 e. The lowest BCUT2D eigenvalue weighted by Crippen LogP contribution is -2.26. The Kier molecular flexibility index (Phi) is 6.32. The van der Waals surface area contributed by atoms with E-state index in [0.29, 0.717) is 11.1 Å². The smallest absolute Gasteiger partial charge is 0.222 e. The lowest BCUT2D eigenvalue weighted by atomic mass is 9.87. The Balaban J connectivity index is 1.35. The Morgan fingerprint density at radius 3 is 2.53 bits per heavy atom. The standard InChI is InChI=1S/C25H26ClN5S/c1-17-7-9-21(10-8-17)30-25-28-13-18(14-29-25)11-19-16-31(32-22-5-3-2-4-6-22)24-23(19)12-20(26)15-27-24/h2-6,12-17,21H,7-11H2,1H3,(H,28,29,30). The number of aromatic nitrogens is 4. The van der Waals surface area contributed by atoms with Gasteiger partial charge in [-0.2, -0.15) is 0 Å². The van der Waals surface area contributed by atoms with Gasteiger partial charge in [-0.3, -0.25) is 3.97 Å². The van der Waals surface area contributed by atoms with Crippen molar-refractivity contribution in [3.8, 4) is 0 Å². The zero-order chi connectivity index (χ0) is 21.9. The van der Waals surface area contributed by atoms with Gasteiger partial charge in [-0.1, -0.05) is 36.7 Å². The molecule has 5 rings (SSSR count). The average molecular weight is 464 g/mol. The minimum absolute atomic E-state index is 0.484. The molecule has 0 saturated heterocycles. The van der Waals surface area contributed by atoms with E-state index in [-0.39, 0.29) is 0 Å². The lowest BCUT2D eigenvalue weighted by Gasteiger charge is -2.26. The summed E-state index contributed by atoms with van der Waals surface area (Å²) in [6.07, 6.45) is 13.3. The zero-order valence-electron chi connectivity index (χ0n) is 18.0. The highest BCUT2D eigenvalue weighted by Crippen LogP contribution is 2.31. The number of hydrogen-bond donors (Lipinski definition) is 1. The highest BCUT2D eigenvalue weighted by molar-refractivity contribution is 7.98. The molecule has 0 spiro atoms. The lowest BCUT2D eigenvalue weighted by molar-refractivity contribution is 0.360. The van der Waals surface area contributed by atoms with Crippen LogP contribution in [-0.4, -0.2) is 25.0 Å². The highest BCUT2D eigenvalue weighted by atomic mass is 35.5. The van der Waals surface area contributed by atoms with Crippen LogP contribution in [0.25, 0.3) is 11.0 Å². The zero-order valence-corrected chi connectivity index (χ0v) is 19.6. The first kappa shape index (κ1) is 21.3. The monoisotopic (exact) mass is 463 g/mol. The maximum atomic E-state index is 6.27. The van der Waals surface area contributed by atoms with Crippen molar-refractivity contribution < 1.29 is 0 Å². The Morgan fingerprint density at radius 1 is 1.03 bits per heavy atom. The largest absolute Gasteiger partial charge is 0.351 e. The summed E-state index contributed by atoms with van der Waals surface area (Å²) in [7, 11) is 0. The number of halogens is 1. The molecule has 4 aromatic rings. The molecule has 1 aliphatic rings. The van der Waals surface area contributed by atoms with E-state index < -0.39 is 0 Å². The number of anilines is 1. The summed E-state index contributed by atoms with van der Waals surface area (Å²) in [6.45, 7) is 2.33. The number of nitrogens with one attached hydrogen (secondary N) is 1. The molecule has 0 amide bonds. The molecule has 0 bridgehead atoms. The molecule has 0 atom stereocenters. The number of pyridine rings is 1. The maximum absolute atomic E-state index is 6.27. The molecule has 1 saturated carbocycles. The molecule has 7 heteroatoms. The van der Waals surface area contributed by atoms with Gasteiger partial charge >= 0.3 is 0 Å². The molecule has 0 radical (unpaired) electrons. The molecule has 1 N–H and O–H groups in total. The number of nitrogens with zero attached hydrogens (tertiary/aromatic N) is 4. The summed E-state index contributed by atoms with van der Waals surface area (Å²) in [5.41, 5.74) is 3.13. The van der Waals surface area contributed by atoms with Gasteiger partial charge in [0, 0.05) is 47.5 Å². The van der Waals surface area contributed by atoms with Crippen LogP contribution in [0.15, 0.2) is 66.1 Å². The van der Waals surface area contributed by atoms with Gasteiger partial charge in [-0.25, -0.2) is 15.0 Å². The molecule has 1 aromatic carbocycles. The van der Waals surface area contributed by atoms with Crippen LogP contribution < -0.4 is 5.32 Å². The average Bonchev–Trinajstić information content (AvgIpc) is 3.13. The molecular weight excluding hydrogens is 438 g/mol. The second-order valence-corrected chi connectivity index (χ2v) is 10.1. The second-order valence-electron chi connectivity index (χ2n) is 8.60. The van der Waals surface area contributed by atoms with E-state index in [1.54, 1.807) is 18.1 Å². The fraction of sp³-hybridized carbons (Fsp3) is 0.320. The molecule has 5 nitrogen and oxygen atoms in total. The van der Waals surface area contributed by atoms with Crippen molar-refractivity contribution in [3.63, 3.8) is 0 Å². The van der Waals surface area contributed by atoms with Crippen LogP contribution in [0.3, 0.4) is 0 Å². The number of hydrogen-bond acceptors (Lipinski definition) is 5. The first-order valence-electron chi connectivity index (χ1n) is 11.1. The van der Waals surface area contributed by atoms with Crippen LogP contribution in [0.5, 0.6) is 0 Å². The summed E-state index contributed by atoms with van der Waals surface area (Å²) >= 11 is 7.92. The maximum Gasteiger partial charge on any atom is 0.222 e. The molecule has 0 aliphatic heterocycles. The molecule has 0 unspecified atom stereocenters. The van der Waals surface area contributed by atoms with Crippen LogP contribution in [0.1, 0.15) is 43.7 Å². The third kappa shape index (κ3) is 4.92. The normalized spacial score (nSPS) is 18.7. The summed E-state index contributed by atoms with van der Waals surface area (Å²) in [5, 5.41) is 5.20. The molecule has 32 heavy (non-hydrogen) atoms. The van der Waals surface area contributed by atoms with Crippen LogP contribution in [0.2, 0.25) is 5.02 Å². The van der Waals surface area contributed by atoms with Gasteiger partial charge < -0.3 is 5.32 Å². The quantitative estimate of drug-likeness (QED) is 0.348. The van der Waals surface area contributed by atoms with Crippen molar-refractivity contribution in [2.24, 2.45) is 5.92 Å². The van der Waals surface area contributed by atoms with Gasteiger partial charge in [0.1, 0.15) is 0 Å². The van der Waals surface area contributed by atoms with Crippen molar-refractivity contribution in [1.29, 1.82) is 0 Å². The predicted octanol–water partition coefficient (Wildman–Crippen LogP) is 6.62. The minimum atomic E-state index is 0.484. The predicted molar refractivity (Wildman–Crippen MR) is 132 cm³/mol. The van der Waals surface area contributed by atoms with Crippen molar-refractivity contribution in [2.45, 2.75) is 50.0 Å². The summed E-state index contributed by atoms with van der Waals surface area (Å²) in [4.78, 5) is 14.9. The Bertz CT molecular complexity index is 1180. The van der Waals surface area contributed by atoms with Crippen molar-refractivity contribution in [1.82, 2.24) is 18.9 Å². The van der Waals surface area contributed by atoms with E-state index in [1.165, 1.54) is 25.7 Å². The highest BCUT2D eigenvalue weighted by Gasteiger charge is 2.19. The Hall–Kier alpha value is -2.57. The third-order valence-corrected chi connectivity index (χ3v) is 7.22. The molecule has 3 heterocycles. The Labute approximate surface area is 197 Å². The van der Waals surface area contributed by atoms with E-state index in [4.69, 9.17) is 11.6 Å². The van der Waals surface area contributed by atoms with E-state index >= 15 is 0 Å². The summed E-state index contributed by atoms with van der Waals surface area (Å²) in [5.74, 6) is 1.56.